The van der Waals surface area contributed by atoms with Gasteiger partial charge in [-0.3, -0.25) is 4.90 Å². The van der Waals surface area contributed by atoms with Gasteiger partial charge in [-0.2, -0.15) is 0 Å². The Balaban J connectivity index is 2.27. The Hall–Kier alpha value is -0.540. The van der Waals surface area contributed by atoms with Gasteiger partial charge in [0.05, 0.1) is 0 Å². The minimum atomic E-state index is 0.296. The van der Waals surface area contributed by atoms with Gasteiger partial charge in [-0.1, -0.05) is 34.8 Å². The predicted octanol–water partition coefficient (Wildman–Crippen LogP) is 3.91. The molecule has 19 heavy (non-hydrogen) atoms. The van der Waals surface area contributed by atoms with Gasteiger partial charge in [-0.05, 0) is 31.0 Å². The van der Waals surface area contributed by atoms with E-state index >= 15 is 0 Å². The van der Waals surface area contributed by atoms with Crippen LogP contribution in [-0.2, 0) is 0 Å². The number of rotatable bonds is 4. The second kappa shape index (κ2) is 6.76. The van der Waals surface area contributed by atoms with E-state index in [4.69, 9.17) is 23.2 Å². The standard InChI is InChI=1S/C15H20Cl2N2/c1-11(2)9-15(19-7-5-18-6-8-19)13-4-3-12(16)10-14(13)17/h3-4,10,15,18H,1,5-9H2,2H3/t15-/m1/s1. The Morgan fingerprint density at radius 3 is 2.63 bits per heavy atom. The summed E-state index contributed by atoms with van der Waals surface area (Å²) in [4.78, 5) is 2.47. The fraction of sp³-hybridized carbons (Fsp3) is 0.467. The Morgan fingerprint density at radius 1 is 1.37 bits per heavy atom. The van der Waals surface area contributed by atoms with E-state index in [2.05, 4.69) is 23.7 Å². The van der Waals surface area contributed by atoms with Crippen molar-refractivity contribution in [2.75, 3.05) is 26.2 Å². The lowest BCUT2D eigenvalue weighted by molar-refractivity contribution is 0.172. The van der Waals surface area contributed by atoms with Gasteiger partial charge in [-0.25, -0.2) is 0 Å². The van der Waals surface area contributed by atoms with Gasteiger partial charge in [0.2, 0.25) is 0 Å². The molecule has 1 aromatic carbocycles. The minimum absolute atomic E-state index is 0.296. The van der Waals surface area contributed by atoms with E-state index in [1.54, 1.807) is 0 Å². The molecular weight excluding hydrogens is 279 g/mol. The van der Waals surface area contributed by atoms with E-state index in [1.807, 2.05) is 18.2 Å². The SMILES string of the molecule is C=C(C)C[C@H](c1ccc(Cl)cc1Cl)N1CCNCC1. The van der Waals surface area contributed by atoms with Crippen molar-refractivity contribution < 1.29 is 0 Å². The van der Waals surface area contributed by atoms with E-state index in [0.717, 1.165) is 43.2 Å². The number of nitrogens with one attached hydrogen (secondary N) is 1. The molecule has 0 aromatic heterocycles. The zero-order chi connectivity index (χ0) is 13.8. The molecule has 1 aliphatic rings. The van der Waals surface area contributed by atoms with Gasteiger partial charge in [0.25, 0.3) is 0 Å². The summed E-state index contributed by atoms with van der Waals surface area (Å²) in [7, 11) is 0. The fourth-order valence-corrected chi connectivity index (χ4v) is 3.07. The van der Waals surface area contributed by atoms with Crippen LogP contribution < -0.4 is 5.32 Å². The van der Waals surface area contributed by atoms with Crippen molar-refractivity contribution in [1.29, 1.82) is 0 Å². The second-order valence-electron chi connectivity index (χ2n) is 5.13. The van der Waals surface area contributed by atoms with E-state index in [9.17, 15) is 0 Å². The van der Waals surface area contributed by atoms with Crippen LogP contribution >= 0.6 is 23.2 Å². The smallest absolute Gasteiger partial charge is 0.0468 e. The fourth-order valence-electron chi connectivity index (χ4n) is 2.53. The molecule has 2 rings (SSSR count). The van der Waals surface area contributed by atoms with Crippen molar-refractivity contribution in [3.05, 3.63) is 46.0 Å². The summed E-state index contributed by atoms with van der Waals surface area (Å²) in [6, 6.07) is 6.08. The molecule has 2 nitrogen and oxygen atoms in total. The highest BCUT2D eigenvalue weighted by atomic mass is 35.5. The lowest BCUT2D eigenvalue weighted by Gasteiger charge is -2.36. The third kappa shape index (κ3) is 3.96. The normalized spacial score (nSPS) is 18.3. The number of hydrogen-bond donors (Lipinski definition) is 1. The Labute approximate surface area is 125 Å². The maximum absolute atomic E-state index is 6.37. The molecule has 104 valence electrons. The molecule has 0 radical (unpaired) electrons. The molecule has 0 unspecified atom stereocenters. The first-order valence-electron chi connectivity index (χ1n) is 6.62. The maximum Gasteiger partial charge on any atom is 0.0468 e. The summed E-state index contributed by atoms with van der Waals surface area (Å²) in [6.07, 6.45) is 0.932. The molecule has 0 amide bonds. The Morgan fingerprint density at radius 2 is 2.05 bits per heavy atom. The maximum atomic E-state index is 6.37. The predicted molar refractivity (Wildman–Crippen MR) is 83.1 cm³/mol. The molecule has 1 atom stereocenters. The summed E-state index contributed by atoms with van der Waals surface area (Å²) in [6.45, 7) is 10.2. The van der Waals surface area contributed by atoms with Gasteiger partial charge in [-0.15, -0.1) is 6.58 Å². The molecule has 4 heteroatoms. The Kier molecular flexibility index (Phi) is 5.28. The van der Waals surface area contributed by atoms with E-state index in [-0.39, 0.29) is 0 Å². The van der Waals surface area contributed by atoms with E-state index in [0.29, 0.717) is 11.1 Å². The van der Waals surface area contributed by atoms with Crippen molar-refractivity contribution in [2.24, 2.45) is 0 Å². The summed E-state index contributed by atoms with van der Waals surface area (Å²) in [5.74, 6) is 0. The summed E-state index contributed by atoms with van der Waals surface area (Å²) in [5, 5.41) is 4.81. The van der Waals surface area contributed by atoms with Gasteiger partial charge in [0.15, 0.2) is 0 Å². The van der Waals surface area contributed by atoms with E-state index < -0.39 is 0 Å². The van der Waals surface area contributed by atoms with Crippen LogP contribution in [0.1, 0.15) is 24.9 Å². The molecule has 0 aliphatic carbocycles. The molecule has 1 N–H and O–H groups in total. The third-order valence-electron chi connectivity index (χ3n) is 3.46. The van der Waals surface area contributed by atoms with Crippen molar-refractivity contribution in [3.63, 3.8) is 0 Å². The van der Waals surface area contributed by atoms with Crippen molar-refractivity contribution in [1.82, 2.24) is 10.2 Å². The zero-order valence-electron chi connectivity index (χ0n) is 11.3. The first kappa shape index (κ1) is 14.9. The molecule has 1 fully saturated rings. The average Bonchev–Trinajstić information content (AvgIpc) is 2.37. The molecule has 1 aromatic rings. The van der Waals surface area contributed by atoms with Crippen LogP contribution in [0, 0.1) is 0 Å². The number of hydrogen-bond acceptors (Lipinski definition) is 2. The molecule has 0 saturated carbocycles. The zero-order valence-corrected chi connectivity index (χ0v) is 12.8. The van der Waals surface area contributed by atoms with Crippen LogP contribution in [0.5, 0.6) is 0 Å². The molecule has 1 saturated heterocycles. The number of piperazine rings is 1. The van der Waals surface area contributed by atoms with Gasteiger partial charge < -0.3 is 5.32 Å². The second-order valence-corrected chi connectivity index (χ2v) is 5.97. The highest BCUT2D eigenvalue weighted by Gasteiger charge is 2.24. The summed E-state index contributed by atoms with van der Waals surface area (Å²) >= 11 is 12.4. The van der Waals surface area contributed by atoms with Crippen molar-refractivity contribution >= 4 is 23.2 Å². The van der Waals surface area contributed by atoms with Crippen LogP contribution in [0.25, 0.3) is 0 Å². The van der Waals surface area contributed by atoms with Gasteiger partial charge in [0, 0.05) is 42.3 Å². The first-order chi connectivity index (χ1) is 9.08. The van der Waals surface area contributed by atoms with Crippen molar-refractivity contribution in [3.8, 4) is 0 Å². The van der Waals surface area contributed by atoms with Gasteiger partial charge >= 0.3 is 0 Å². The largest absolute Gasteiger partial charge is 0.314 e. The van der Waals surface area contributed by atoms with Crippen LogP contribution in [0.3, 0.4) is 0 Å². The third-order valence-corrected chi connectivity index (χ3v) is 4.02. The molecule has 0 spiro atoms. The lowest BCUT2D eigenvalue weighted by atomic mass is 9.98. The van der Waals surface area contributed by atoms with Crippen molar-refractivity contribution in [2.45, 2.75) is 19.4 Å². The van der Waals surface area contributed by atoms with Gasteiger partial charge in [0.1, 0.15) is 0 Å². The summed E-state index contributed by atoms with van der Waals surface area (Å²) in [5.41, 5.74) is 2.32. The highest BCUT2D eigenvalue weighted by molar-refractivity contribution is 6.35. The summed E-state index contributed by atoms with van der Waals surface area (Å²) < 4.78 is 0. The lowest BCUT2D eigenvalue weighted by Crippen LogP contribution is -2.45. The van der Waals surface area contributed by atoms with Crippen LogP contribution in [0.4, 0.5) is 0 Å². The topological polar surface area (TPSA) is 15.3 Å². The molecule has 0 bridgehead atoms. The van der Waals surface area contributed by atoms with Crippen LogP contribution in [0.15, 0.2) is 30.4 Å². The highest BCUT2D eigenvalue weighted by Crippen LogP contribution is 2.33. The number of nitrogens with zero attached hydrogens (tertiary/aromatic N) is 1. The monoisotopic (exact) mass is 298 g/mol. The molecule has 1 heterocycles. The minimum Gasteiger partial charge on any atom is -0.314 e. The number of benzene rings is 1. The molecular formula is C15H20Cl2N2. The first-order valence-corrected chi connectivity index (χ1v) is 7.37. The van der Waals surface area contributed by atoms with Crippen LogP contribution in [0.2, 0.25) is 10.0 Å². The quantitative estimate of drug-likeness (QED) is 0.848. The number of halogens is 2. The average molecular weight is 299 g/mol. The Bertz CT molecular complexity index is 453. The molecule has 1 aliphatic heterocycles. The van der Waals surface area contributed by atoms with E-state index in [1.165, 1.54) is 5.57 Å². The van der Waals surface area contributed by atoms with Crippen LogP contribution in [-0.4, -0.2) is 31.1 Å².